The molecule has 0 N–H and O–H groups in total. The third-order valence-electron chi connectivity index (χ3n) is 2.11. The van der Waals surface area contributed by atoms with Gasteiger partial charge in [0.1, 0.15) is 13.2 Å². The fourth-order valence-corrected chi connectivity index (χ4v) is 1.42. The van der Waals surface area contributed by atoms with Crippen LogP contribution in [0.5, 0.6) is 0 Å². The molecule has 84 valence electrons. The van der Waals surface area contributed by atoms with Gasteiger partial charge in [-0.2, -0.15) is 0 Å². The largest absolute Gasteiger partial charge is 0.461 e. The van der Waals surface area contributed by atoms with Crippen LogP contribution in [0.3, 0.4) is 0 Å². The molecule has 0 fully saturated rings. The Labute approximate surface area is 89.2 Å². The summed E-state index contributed by atoms with van der Waals surface area (Å²) in [6.07, 6.45) is 0.676. The van der Waals surface area contributed by atoms with Gasteiger partial charge in [-0.05, 0) is 12.3 Å². The smallest absolute Gasteiger partial charge is 0.334 e. The van der Waals surface area contributed by atoms with Gasteiger partial charge in [-0.1, -0.05) is 13.8 Å². The zero-order chi connectivity index (χ0) is 11.4. The zero-order valence-electron chi connectivity index (χ0n) is 9.33. The van der Waals surface area contributed by atoms with Gasteiger partial charge in [0, 0.05) is 18.1 Å². The molecule has 15 heavy (non-hydrogen) atoms. The fraction of sp³-hybridized carbons (Fsp3) is 0.636. The van der Waals surface area contributed by atoms with Crippen LogP contribution in [0, 0.1) is 5.92 Å². The Kier molecular flexibility index (Phi) is 3.88. The van der Waals surface area contributed by atoms with Gasteiger partial charge in [-0.3, -0.25) is 4.79 Å². The monoisotopic (exact) mass is 212 g/mol. The third kappa shape index (κ3) is 3.38. The van der Waals surface area contributed by atoms with Crippen LogP contribution in [0.4, 0.5) is 0 Å². The molecule has 0 spiro atoms. The highest BCUT2D eigenvalue weighted by molar-refractivity contribution is 5.91. The van der Waals surface area contributed by atoms with E-state index in [0.29, 0.717) is 17.9 Å². The lowest BCUT2D eigenvalue weighted by Gasteiger charge is -2.06. The minimum Gasteiger partial charge on any atom is -0.461 e. The highest BCUT2D eigenvalue weighted by atomic mass is 16.5. The van der Waals surface area contributed by atoms with Crippen molar-refractivity contribution in [2.45, 2.75) is 27.2 Å². The number of cyclic esters (lactones) is 1. The van der Waals surface area contributed by atoms with Crippen LogP contribution >= 0.6 is 0 Å². The molecule has 0 amide bonds. The van der Waals surface area contributed by atoms with Crippen molar-refractivity contribution in [1.29, 1.82) is 0 Å². The average Bonchev–Trinajstić information content (AvgIpc) is 2.44. The molecule has 1 aliphatic heterocycles. The van der Waals surface area contributed by atoms with E-state index in [-0.39, 0.29) is 25.2 Å². The minimum absolute atomic E-state index is 0.170. The Balaban J connectivity index is 2.67. The van der Waals surface area contributed by atoms with Gasteiger partial charge in [0.15, 0.2) is 0 Å². The quantitative estimate of drug-likeness (QED) is 0.662. The van der Waals surface area contributed by atoms with E-state index in [0.717, 1.165) is 5.57 Å². The van der Waals surface area contributed by atoms with E-state index in [1.807, 2.05) is 13.8 Å². The number of carbonyl (C=O) groups excluding carboxylic acids is 2. The van der Waals surface area contributed by atoms with Crippen molar-refractivity contribution < 1.29 is 19.1 Å². The molecule has 1 aliphatic rings. The van der Waals surface area contributed by atoms with Crippen LogP contribution < -0.4 is 0 Å². The van der Waals surface area contributed by atoms with Gasteiger partial charge in [0.25, 0.3) is 0 Å². The standard InChI is InChI=1S/C11H16O4/c1-7(2)4-10-9(5-14-8(3)12)6-15-11(10)13/h7H,4-6H2,1-3H3. The SMILES string of the molecule is CC(=O)OCC1=C(CC(C)C)C(=O)OC1. The molecule has 0 aromatic rings. The summed E-state index contributed by atoms with van der Waals surface area (Å²) in [6.45, 7) is 5.84. The topological polar surface area (TPSA) is 52.6 Å². The molecule has 0 aliphatic carbocycles. The molecule has 0 aromatic heterocycles. The van der Waals surface area contributed by atoms with E-state index in [4.69, 9.17) is 9.47 Å². The average molecular weight is 212 g/mol. The maximum atomic E-state index is 11.3. The van der Waals surface area contributed by atoms with E-state index >= 15 is 0 Å². The van der Waals surface area contributed by atoms with Crippen molar-refractivity contribution in [3.05, 3.63) is 11.1 Å². The van der Waals surface area contributed by atoms with E-state index in [1.165, 1.54) is 6.92 Å². The number of rotatable bonds is 4. The predicted octanol–water partition coefficient (Wildman–Crippen LogP) is 1.45. The zero-order valence-corrected chi connectivity index (χ0v) is 9.33. The lowest BCUT2D eigenvalue weighted by Crippen LogP contribution is -2.07. The second-order valence-electron chi connectivity index (χ2n) is 4.04. The van der Waals surface area contributed by atoms with Crippen molar-refractivity contribution in [3.8, 4) is 0 Å². The van der Waals surface area contributed by atoms with Crippen molar-refractivity contribution in [1.82, 2.24) is 0 Å². The van der Waals surface area contributed by atoms with E-state index in [1.54, 1.807) is 0 Å². The molecule has 1 heterocycles. The first kappa shape index (κ1) is 11.8. The summed E-state index contributed by atoms with van der Waals surface area (Å²) >= 11 is 0. The van der Waals surface area contributed by atoms with Crippen LogP contribution in [0.15, 0.2) is 11.1 Å². The molecule has 1 rings (SSSR count). The Morgan fingerprint density at radius 1 is 1.53 bits per heavy atom. The van der Waals surface area contributed by atoms with Gasteiger partial charge in [0.2, 0.25) is 0 Å². The van der Waals surface area contributed by atoms with Gasteiger partial charge in [-0.25, -0.2) is 4.79 Å². The Bertz CT molecular complexity index is 302. The highest BCUT2D eigenvalue weighted by Gasteiger charge is 2.25. The first-order valence-electron chi connectivity index (χ1n) is 5.02. The van der Waals surface area contributed by atoms with E-state index in [2.05, 4.69) is 0 Å². The van der Waals surface area contributed by atoms with Crippen LogP contribution in [-0.2, 0) is 19.1 Å². The number of hydrogen-bond donors (Lipinski definition) is 0. The minimum atomic E-state index is -0.342. The van der Waals surface area contributed by atoms with Crippen molar-refractivity contribution >= 4 is 11.9 Å². The molecular formula is C11H16O4. The van der Waals surface area contributed by atoms with Crippen molar-refractivity contribution in [2.24, 2.45) is 5.92 Å². The van der Waals surface area contributed by atoms with E-state index < -0.39 is 0 Å². The molecule has 0 atom stereocenters. The maximum Gasteiger partial charge on any atom is 0.334 e. The molecule has 0 aromatic carbocycles. The summed E-state index contributed by atoms with van der Waals surface area (Å²) < 4.78 is 9.76. The molecule has 4 nitrogen and oxygen atoms in total. The number of carbonyl (C=O) groups is 2. The van der Waals surface area contributed by atoms with Crippen LogP contribution in [0.1, 0.15) is 27.2 Å². The van der Waals surface area contributed by atoms with E-state index in [9.17, 15) is 9.59 Å². The van der Waals surface area contributed by atoms with Crippen LogP contribution in [0.2, 0.25) is 0 Å². The van der Waals surface area contributed by atoms with Crippen LogP contribution in [0.25, 0.3) is 0 Å². The number of hydrogen-bond acceptors (Lipinski definition) is 4. The lowest BCUT2D eigenvalue weighted by molar-refractivity contribution is -0.140. The summed E-state index contributed by atoms with van der Waals surface area (Å²) in [5, 5.41) is 0. The Hall–Kier alpha value is -1.32. The molecule has 0 bridgehead atoms. The summed E-state index contributed by atoms with van der Waals surface area (Å²) in [4.78, 5) is 22.0. The highest BCUT2D eigenvalue weighted by Crippen LogP contribution is 2.22. The number of esters is 2. The van der Waals surface area contributed by atoms with Gasteiger partial charge < -0.3 is 9.47 Å². The Morgan fingerprint density at radius 3 is 2.73 bits per heavy atom. The molecule has 0 radical (unpaired) electrons. The molecule has 0 saturated carbocycles. The predicted molar refractivity (Wildman–Crippen MR) is 54.1 cm³/mol. The second kappa shape index (κ2) is 4.96. The van der Waals surface area contributed by atoms with Crippen LogP contribution in [-0.4, -0.2) is 25.2 Å². The molecular weight excluding hydrogens is 196 g/mol. The summed E-state index contributed by atoms with van der Waals surface area (Å²) in [5.41, 5.74) is 1.47. The van der Waals surface area contributed by atoms with Crippen molar-refractivity contribution in [3.63, 3.8) is 0 Å². The summed E-state index contributed by atoms with van der Waals surface area (Å²) in [5.74, 6) is -0.227. The lowest BCUT2D eigenvalue weighted by atomic mass is 10.0. The first-order valence-corrected chi connectivity index (χ1v) is 5.02. The second-order valence-corrected chi connectivity index (χ2v) is 4.04. The van der Waals surface area contributed by atoms with Gasteiger partial charge in [0.05, 0.1) is 0 Å². The summed E-state index contributed by atoms with van der Waals surface area (Å²) in [6, 6.07) is 0. The van der Waals surface area contributed by atoms with Gasteiger partial charge >= 0.3 is 11.9 Å². The molecule has 4 heteroatoms. The molecule has 0 unspecified atom stereocenters. The number of ether oxygens (including phenoxy) is 2. The maximum absolute atomic E-state index is 11.3. The summed E-state index contributed by atoms with van der Waals surface area (Å²) in [7, 11) is 0. The van der Waals surface area contributed by atoms with Crippen molar-refractivity contribution in [2.75, 3.05) is 13.2 Å². The third-order valence-corrected chi connectivity index (χ3v) is 2.11. The fourth-order valence-electron chi connectivity index (χ4n) is 1.42. The molecule has 0 saturated heterocycles. The first-order chi connectivity index (χ1) is 7.00. The normalized spacial score (nSPS) is 15.9. The Morgan fingerprint density at radius 2 is 2.20 bits per heavy atom. The van der Waals surface area contributed by atoms with Gasteiger partial charge in [-0.15, -0.1) is 0 Å².